The Morgan fingerprint density at radius 1 is 1.07 bits per heavy atom. The maximum Gasteiger partial charge on any atom is 0.518 e. The highest BCUT2D eigenvalue weighted by Gasteiger charge is 2.45. The Balaban J connectivity index is 4.07. The second-order valence-electron chi connectivity index (χ2n) is 3.18. The number of alkyl halides is 1. The molecule has 0 aromatic heterocycles. The van der Waals surface area contributed by atoms with Crippen molar-refractivity contribution in [1.29, 1.82) is 0 Å². The molecule has 0 N–H and O–H groups in total. The molecule has 0 bridgehead atoms. The van der Waals surface area contributed by atoms with Crippen molar-refractivity contribution in [3.63, 3.8) is 0 Å². The predicted octanol–water partition coefficient (Wildman–Crippen LogP) is 2.59. The third kappa shape index (κ3) is 3.86. The van der Waals surface area contributed by atoms with Crippen molar-refractivity contribution in [3.8, 4) is 0 Å². The largest absolute Gasteiger partial charge is 0.518 e. The van der Waals surface area contributed by atoms with E-state index in [2.05, 4.69) is 6.92 Å². The topological polar surface area (TPSA) is 27.7 Å². The maximum atomic E-state index is 6.23. The molecular formula is C9H21ClO3Si. The van der Waals surface area contributed by atoms with Crippen molar-refractivity contribution in [1.82, 2.24) is 0 Å². The van der Waals surface area contributed by atoms with Crippen LogP contribution < -0.4 is 0 Å². The summed E-state index contributed by atoms with van der Waals surface area (Å²) in [5.74, 6) is 0. The van der Waals surface area contributed by atoms with Gasteiger partial charge in [-0.25, -0.2) is 0 Å². The van der Waals surface area contributed by atoms with Gasteiger partial charge in [-0.2, -0.15) is 0 Å². The van der Waals surface area contributed by atoms with Crippen molar-refractivity contribution >= 4 is 20.4 Å². The fourth-order valence-corrected chi connectivity index (χ4v) is 4.16. The molecule has 0 heterocycles. The van der Waals surface area contributed by atoms with Gasteiger partial charge in [-0.05, 0) is 6.42 Å². The van der Waals surface area contributed by atoms with Crippen LogP contribution in [0.25, 0.3) is 0 Å². The number of hydrogen-bond donors (Lipinski definition) is 0. The van der Waals surface area contributed by atoms with Crippen LogP contribution in [0.5, 0.6) is 0 Å². The zero-order valence-corrected chi connectivity index (χ0v) is 11.3. The Morgan fingerprint density at radius 3 is 1.93 bits per heavy atom. The van der Waals surface area contributed by atoms with Crippen LogP contribution in [0.2, 0.25) is 0 Å². The summed E-state index contributed by atoms with van der Waals surface area (Å²) in [6.45, 7) is 2.16. The van der Waals surface area contributed by atoms with Gasteiger partial charge in [-0.3, -0.25) is 0 Å². The van der Waals surface area contributed by atoms with Gasteiger partial charge in [0.15, 0.2) is 0 Å². The second kappa shape index (κ2) is 7.65. The summed E-state index contributed by atoms with van der Waals surface area (Å²) < 4.78 is 15.9. The Bertz CT molecular complexity index is 134. The average molecular weight is 241 g/mol. The Hall–Kier alpha value is 0.387. The Morgan fingerprint density at radius 2 is 1.57 bits per heavy atom. The summed E-state index contributed by atoms with van der Waals surface area (Å²) in [4.78, 5) is 0. The van der Waals surface area contributed by atoms with Crippen molar-refractivity contribution in [2.24, 2.45) is 0 Å². The molecule has 1 atom stereocenters. The van der Waals surface area contributed by atoms with Crippen LogP contribution in [0.4, 0.5) is 0 Å². The summed E-state index contributed by atoms with van der Waals surface area (Å²) in [7, 11) is 2.17. The second-order valence-corrected chi connectivity index (χ2v) is 7.20. The zero-order chi connectivity index (χ0) is 11.0. The minimum atomic E-state index is -2.61. The third-order valence-corrected chi connectivity index (χ3v) is 6.08. The van der Waals surface area contributed by atoms with Gasteiger partial charge in [0.05, 0.1) is 0 Å². The standard InChI is InChI=1S/C9H21ClO3Si/c1-5-6-7-8-9(10)14(11-2,12-3)13-4/h9H,5-8H2,1-4H3. The fraction of sp³-hybridized carbons (Fsp3) is 1.00. The average Bonchev–Trinajstić information content (AvgIpc) is 2.22. The number of rotatable bonds is 8. The lowest BCUT2D eigenvalue weighted by molar-refractivity contribution is 0.119. The molecule has 3 nitrogen and oxygen atoms in total. The van der Waals surface area contributed by atoms with Gasteiger partial charge in [0.2, 0.25) is 0 Å². The Kier molecular flexibility index (Phi) is 7.86. The highest BCUT2D eigenvalue weighted by molar-refractivity contribution is 6.71. The van der Waals surface area contributed by atoms with E-state index in [-0.39, 0.29) is 5.00 Å². The van der Waals surface area contributed by atoms with Crippen molar-refractivity contribution in [2.45, 2.75) is 37.6 Å². The molecule has 1 unspecified atom stereocenters. The van der Waals surface area contributed by atoms with Crippen LogP contribution in [-0.2, 0) is 13.3 Å². The molecule has 0 aromatic carbocycles. The molecule has 0 aliphatic carbocycles. The van der Waals surface area contributed by atoms with Crippen LogP contribution in [0, 0.1) is 0 Å². The Labute approximate surface area is 93.1 Å². The smallest absolute Gasteiger partial charge is 0.376 e. The highest BCUT2D eigenvalue weighted by atomic mass is 35.5. The van der Waals surface area contributed by atoms with E-state index < -0.39 is 8.80 Å². The molecule has 5 heteroatoms. The van der Waals surface area contributed by atoms with Gasteiger partial charge >= 0.3 is 8.80 Å². The summed E-state index contributed by atoms with van der Waals surface area (Å²) in [6.07, 6.45) is 4.35. The molecule has 0 aromatic rings. The van der Waals surface area contributed by atoms with Crippen molar-refractivity contribution in [2.75, 3.05) is 21.3 Å². The van der Waals surface area contributed by atoms with E-state index in [1.807, 2.05) is 0 Å². The monoisotopic (exact) mass is 240 g/mol. The first-order valence-electron chi connectivity index (χ1n) is 4.96. The minimum Gasteiger partial charge on any atom is -0.376 e. The van der Waals surface area contributed by atoms with Crippen LogP contribution in [0.1, 0.15) is 32.6 Å². The molecule has 0 amide bonds. The molecule has 0 radical (unpaired) electrons. The minimum absolute atomic E-state index is 0.144. The van der Waals surface area contributed by atoms with Gasteiger partial charge in [-0.15, -0.1) is 11.6 Å². The summed E-state index contributed by atoms with van der Waals surface area (Å²) in [6, 6.07) is 0. The fourth-order valence-electron chi connectivity index (χ4n) is 1.38. The first-order chi connectivity index (χ1) is 6.66. The molecule has 86 valence electrons. The number of hydrogen-bond acceptors (Lipinski definition) is 3. The first-order valence-corrected chi connectivity index (χ1v) is 7.20. The zero-order valence-electron chi connectivity index (χ0n) is 9.51. The van der Waals surface area contributed by atoms with Crippen LogP contribution in [0.3, 0.4) is 0 Å². The normalized spacial score (nSPS) is 14.4. The lowest BCUT2D eigenvalue weighted by atomic mass is 10.2. The molecule has 0 fully saturated rings. The molecule has 14 heavy (non-hydrogen) atoms. The van der Waals surface area contributed by atoms with E-state index in [0.29, 0.717) is 0 Å². The van der Waals surface area contributed by atoms with Crippen molar-refractivity contribution < 1.29 is 13.3 Å². The molecular weight excluding hydrogens is 220 g/mol. The molecule has 0 rings (SSSR count). The molecule has 0 aliphatic heterocycles. The van der Waals surface area contributed by atoms with Crippen LogP contribution in [-0.4, -0.2) is 35.1 Å². The van der Waals surface area contributed by atoms with Gasteiger partial charge in [0.25, 0.3) is 0 Å². The van der Waals surface area contributed by atoms with E-state index >= 15 is 0 Å². The SMILES string of the molecule is CCCCCC(Cl)[Si](OC)(OC)OC. The van der Waals surface area contributed by atoms with Crippen LogP contribution in [0.15, 0.2) is 0 Å². The summed E-state index contributed by atoms with van der Waals surface area (Å²) in [5, 5.41) is -0.144. The van der Waals surface area contributed by atoms with Gasteiger partial charge in [0.1, 0.15) is 5.00 Å². The lowest BCUT2D eigenvalue weighted by Gasteiger charge is -2.28. The molecule has 0 spiro atoms. The summed E-state index contributed by atoms with van der Waals surface area (Å²) in [5.41, 5.74) is 0. The summed E-state index contributed by atoms with van der Waals surface area (Å²) >= 11 is 6.23. The lowest BCUT2D eigenvalue weighted by Crippen LogP contribution is -2.51. The maximum absolute atomic E-state index is 6.23. The number of halogens is 1. The van der Waals surface area contributed by atoms with E-state index in [1.165, 1.54) is 12.8 Å². The van der Waals surface area contributed by atoms with E-state index in [0.717, 1.165) is 12.8 Å². The molecule has 0 aliphatic rings. The number of unbranched alkanes of at least 4 members (excludes halogenated alkanes) is 2. The third-order valence-electron chi connectivity index (χ3n) is 2.30. The predicted molar refractivity (Wildman–Crippen MR) is 60.6 cm³/mol. The van der Waals surface area contributed by atoms with Crippen LogP contribution >= 0.6 is 11.6 Å². The molecule has 0 saturated carbocycles. The van der Waals surface area contributed by atoms with Gasteiger partial charge in [-0.1, -0.05) is 26.2 Å². The molecule has 0 saturated heterocycles. The van der Waals surface area contributed by atoms with Gasteiger partial charge < -0.3 is 13.3 Å². The van der Waals surface area contributed by atoms with E-state index in [1.54, 1.807) is 21.3 Å². The quantitative estimate of drug-likeness (QED) is 0.371. The highest BCUT2D eigenvalue weighted by Crippen LogP contribution is 2.22. The van der Waals surface area contributed by atoms with Gasteiger partial charge in [0, 0.05) is 21.3 Å². The van der Waals surface area contributed by atoms with Crippen molar-refractivity contribution in [3.05, 3.63) is 0 Å². The van der Waals surface area contributed by atoms with E-state index in [9.17, 15) is 0 Å². The first kappa shape index (κ1) is 14.4. The van der Waals surface area contributed by atoms with E-state index in [4.69, 9.17) is 24.9 Å².